The monoisotopic (exact) mass is 340 g/mol. The van der Waals surface area contributed by atoms with E-state index in [1.165, 1.54) is 0 Å². The third-order valence-corrected chi connectivity index (χ3v) is 3.07. The standard InChI is InChI=1S/2C7H9NS.Zn/c2*1-5-2-3-7(9)6(8)4-5;/h2*2-4,9H,8H2,1H3;/q;;+2/p-2. The number of aryl methyl sites for hydroxylation is 2. The summed E-state index contributed by atoms with van der Waals surface area (Å²) < 4.78 is 0. The molecular formula is C14H16N2S2Zn. The molecule has 0 aromatic heterocycles. The minimum absolute atomic E-state index is 0. The summed E-state index contributed by atoms with van der Waals surface area (Å²) in [5.74, 6) is 0. The molecular weight excluding hydrogens is 326 g/mol. The van der Waals surface area contributed by atoms with E-state index in [0.29, 0.717) is 11.4 Å². The normalized spacial score (nSPS) is 8.95. The Hall–Kier alpha value is -0.897. The van der Waals surface area contributed by atoms with Gasteiger partial charge in [-0.1, -0.05) is 24.3 Å². The van der Waals surface area contributed by atoms with Crippen molar-refractivity contribution in [2.24, 2.45) is 0 Å². The number of nitrogen functional groups attached to an aromatic ring is 2. The van der Waals surface area contributed by atoms with Crippen LogP contribution in [0.3, 0.4) is 0 Å². The Morgan fingerprint density at radius 1 is 0.737 bits per heavy atom. The average Bonchev–Trinajstić information content (AvgIpc) is 2.30. The van der Waals surface area contributed by atoms with Gasteiger partial charge in [0, 0.05) is 11.4 Å². The van der Waals surface area contributed by atoms with Gasteiger partial charge in [-0.15, -0.1) is 0 Å². The molecule has 4 N–H and O–H groups in total. The Labute approximate surface area is 138 Å². The molecule has 2 aromatic carbocycles. The van der Waals surface area contributed by atoms with Gasteiger partial charge in [0.05, 0.1) is 0 Å². The van der Waals surface area contributed by atoms with E-state index in [-0.39, 0.29) is 19.5 Å². The molecule has 5 heteroatoms. The molecule has 0 heterocycles. The van der Waals surface area contributed by atoms with E-state index in [2.05, 4.69) is 0 Å². The van der Waals surface area contributed by atoms with Crippen LogP contribution in [0.5, 0.6) is 0 Å². The van der Waals surface area contributed by atoms with Gasteiger partial charge in [-0.05, 0) is 37.1 Å². The van der Waals surface area contributed by atoms with Gasteiger partial charge in [0.25, 0.3) is 0 Å². The van der Waals surface area contributed by atoms with Crippen molar-refractivity contribution in [2.75, 3.05) is 11.5 Å². The first-order valence-corrected chi connectivity index (χ1v) is 6.28. The predicted molar refractivity (Wildman–Crippen MR) is 82.4 cm³/mol. The second kappa shape index (κ2) is 8.31. The number of anilines is 2. The molecule has 0 radical (unpaired) electrons. The van der Waals surface area contributed by atoms with E-state index in [1.54, 1.807) is 0 Å². The zero-order valence-corrected chi connectivity index (χ0v) is 15.7. The molecule has 0 spiro atoms. The van der Waals surface area contributed by atoms with E-state index in [0.717, 1.165) is 20.9 Å². The molecule has 0 fully saturated rings. The Morgan fingerprint density at radius 3 is 1.26 bits per heavy atom. The molecule has 0 bridgehead atoms. The summed E-state index contributed by atoms with van der Waals surface area (Å²) in [5.41, 5.74) is 14.7. The van der Waals surface area contributed by atoms with Gasteiger partial charge in [0.2, 0.25) is 0 Å². The fraction of sp³-hybridized carbons (Fsp3) is 0.143. The van der Waals surface area contributed by atoms with Crippen molar-refractivity contribution in [1.82, 2.24) is 0 Å². The summed E-state index contributed by atoms with van der Waals surface area (Å²) in [7, 11) is 0. The van der Waals surface area contributed by atoms with E-state index in [1.807, 2.05) is 50.2 Å². The zero-order valence-electron chi connectivity index (χ0n) is 11.1. The van der Waals surface area contributed by atoms with Gasteiger partial charge in [0.1, 0.15) is 0 Å². The summed E-state index contributed by atoms with van der Waals surface area (Å²) in [6.45, 7) is 3.98. The van der Waals surface area contributed by atoms with Crippen LogP contribution in [-0.2, 0) is 44.7 Å². The van der Waals surface area contributed by atoms with E-state index in [4.69, 9.17) is 36.7 Å². The van der Waals surface area contributed by atoms with Crippen LogP contribution in [0.1, 0.15) is 11.1 Å². The SMILES string of the molecule is Cc1ccc([S-])c(N)c1.Cc1ccc([S-])c(N)c1.[Zn+2]. The van der Waals surface area contributed by atoms with Gasteiger partial charge in [-0.25, -0.2) is 0 Å². The number of nitrogens with two attached hydrogens (primary N) is 2. The Kier molecular flexibility index (Phi) is 7.92. The van der Waals surface area contributed by atoms with Crippen molar-refractivity contribution < 1.29 is 19.5 Å². The number of hydrogen-bond donors (Lipinski definition) is 2. The number of hydrogen-bond acceptors (Lipinski definition) is 4. The van der Waals surface area contributed by atoms with Crippen molar-refractivity contribution in [2.45, 2.75) is 23.6 Å². The third-order valence-electron chi connectivity index (χ3n) is 2.33. The Bertz CT molecular complexity index is 495. The molecule has 2 aromatic rings. The Balaban J connectivity index is 0.000000324. The molecule has 96 valence electrons. The van der Waals surface area contributed by atoms with Crippen LogP contribution in [0.2, 0.25) is 0 Å². The molecule has 2 nitrogen and oxygen atoms in total. The van der Waals surface area contributed by atoms with Crippen LogP contribution in [0.15, 0.2) is 46.2 Å². The van der Waals surface area contributed by atoms with Crippen LogP contribution in [0, 0.1) is 13.8 Å². The number of benzene rings is 2. The molecule has 0 aliphatic carbocycles. The maximum absolute atomic E-state index is 5.52. The van der Waals surface area contributed by atoms with Crippen molar-refractivity contribution >= 4 is 36.6 Å². The van der Waals surface area contributed by atoms with Gasteiger partial charge >= 0.3 is 19.5 Å². The topological polar surface area (TPSA) is 52.0 Å². The predicted octanol–water partition coefficient (Wildman–Crippen LogP) is 2.96. The van der Waals surface area contributed by atoms with E-state index < -0.39 is 0 Å². The third kappa shape index (κ3) is 6.19. The fourth-order valence-electron chi connectivity index (χ4n) is 1.34. The van der Waals surface area contributed by atoms with E-state index in [9.17, 15) is 0 Å². The molecule has 19 heavy (non-hydrogen) atoms. The first kappa shape index (κ1) is 18.1. The Morgan fingerprint density at radius 2 is 1.05 bits per heavy atom. The summed E-state index contributed by atoms with van der Waals surface area (Å²) in [6.07, 6.45) is 0. The van der Waals surface area contributed by atoms with Crippen molar-refractivity contribution in [1.29, 1.82) is 0 Å². The minimum Gasteiger partial charge on any atom is -0.778 e. The van der Waals surface area contributed by atoms with Crippen LogP contribution in [-0.4, -0.2) is 0 Å². The average molecular weight is 342 g/mol. The van der Waals surface area contributed by atoms with Crippen molar-refractivity contribution in [3.8, 4) is 0 Å². The minimum atomic E-state index is 0. The molecule has 0 amide bonds. The maximum Gasteiger partial charge on any atom is 2.00 e. The molecule has 0 aliphatic rings. The quantitative estimate of drug-likeness (QED) is 0.439. The van der Waals surface area contributed by atoms with Gasteiger partial charge in [-0.3, -0.25) is 0 Å². The van der Waals surface area contributed by atoms with Crippen LogP contribution in [0.4, 0.5) is 11.4 Å². The molecule has 2 rings (SSSR count). The van der Waals surface area contributed by atoms with Crippen LogP contribution < -0.4 is 11.5 Å². The smallest absolute Gasteiger partial charge is 0.778 e. The second-order valence-electron chi connectivity index (χ2n) is 4.08. The first-order valence-electron chi connectivity index (χ1n) is 5.46. The molecule has 0 unspecified atom stereocenters. The first-order chi connectivity index (χ1) is 8.40. The fourth-order valence-corrected chi connectivity index (χ4v) is 1.59. The van der Waals surface area contributed by atoms with Crippen LogP contribution in [0.25, 0.3) is 0 Å². The van der Waals surface area contributed by atoms with Gasteiger partial charge < -0.3 is 36.7 Å². The summed E-state index contributed by atoms with van der Waals surface area (Å²) in [6, 6.07) is 11.4. The molecule has 0 saturated carbocycles. The van der Waals surface area contributed by atoms with Crippen molar-refractivity contribution in [3.63, 3.8) is 0 Å². The van der Waals surface area contributed by atoms with Gasteiger partial charge in [0.15, 0.2) is 0 Å². The summed E-state index contributed by atoms with van der Waals surface area (Å²) >= 11 is 9.78. The maximum atomic E-state index is 5.52. The summed E-state index contributed by atoms with van der Waals surface area (Å²) in [5, 5.41) is 0. The van der Waals surface area contributed by atoms with E-state index >= 15 is 0 Å². The molecule has 0 aliphatic heterocycles. The second-order valence-corrected chi connectivity index (χ2v) is 4.96. The molecule has 0 atom stereocenters. The van der Waals surface area contributed by atoms with Gasteiger partial charge in [-0.2, -0.15) is 9.79 Å². The molecule has 0 saturated heterocycles. The largest absolute Gasteiger partial charge is 2.00 e. The number of rotatable bonds is 0. The zero-order chi connectivity index (χ0) is 13.7. The summed E-state index contributed by atoms with van der Waals surface area (Å²) in [4.78, 5) is 1.47. The van der Waals surface area contributed by atoms with Crippen molar-refractivity contribution in [3.05, 3.63) is 47.5 Å². The van der Waals surface area contributed by atoms with Crippen LogP contribution >= 0.6 is 0 Å².